The van der Waals surface area contributed by atoms with Gasteiger partial charge in [0.05, 0.1) is 15.5 Å². The van der Waals surface area contributed by atoms with Gasteiger partial charge in [-0.25, -0.2) is 0 Å². The second-order valence-corrected chi connectivity index (χ2v) is 41.1. The third-order valence-corrected chi connectivity index (χ3v) is 60.3. The molecule has 2 rings (SSSR count). The smallest absolute Gasteiger partial charge is 0.130 e. The molecule has 0 amide bonds. The van der Waals surface area contributed by atoms with E-state index in [2.05, 4.69) is 122 Å². The van der Waals surface area contributed by atoms with Crippen molar-refractivity contribution < 1.29 is 0 Å². The van der Waals surface area contributed by atoms with E-state index in [-0.39, 0.29) is 6.57 Å². The maximum absolute atomic E-state index is 2.71. The molecule has 1 atom stereocenters. The lowest BCUT2D eigenvalue weighted by Gasteiger charge is -2.60. The highest BCUT2D eigenvalue weighted by Crippen LogP contribution is 2.69. The van der Waals surface area contributed by atoms with Crippen molar-refractivity contribution in [3.63, 3.8) is 0 Å². The van der Waals surface area contributed by atoms with Crippen LogP contribution in [0.3, 0.4) is 0 Å². The van der Waals surface area contributed by atoms with Crippen molar-refractivity contribution in [1.29, 1.82) is 0 Å². The number of hydrogen-bond acceptors (Lipinski definition) is 0. The van der Waals surface area contributed by atoms with Gasteiger partial charge in [0.25, 0.3) is 0 Å². The molecular weight excluding hydrogens is 416 g/mol. The lowest BCUT2D eigenvalue weighted by atomic mass is 10.2. The predicted molar refractivity (Wildman–Crippen MR) is 145 cm³/mol. The predicted octanol–water partition coefficient (Wildman–Crippen LogP) is 7.87. The fourth-order valence-electron chi connectivity index (χ4n) is 5.78. The van der Waals surface area contributed by atoms with Gasteiger partial charge < -0.3 is 0 Å². The number of benzene rings is 2. The summed E-state index contributed by atoms with van der Waals surface area (Å²) in [5.41, 5.74) is 0. The van der Waals surface area contributed by atoms with E-state index in [0.717, 1.165) is 0 Å². The molecule has 0 bridgehead atoms. The summed E-state index contributed by atoms with van der Waals surface area (Å²) in [6.45, 7) is 23.4. The van der Waals surface area contributed by atoms with Crippen molar-refractivity contribution >= 4 is 40.2 Å². The second-order valence-electron chi connectivity index (χ2n) is 10.5. The lowest BCUT2D eigenvalue weighted by Crippen LogP contribution is -2.69. The first kappa shape index (κ1) is 24.8. The van der Waals surface area contributed by atoms with Gasteiger partial charge in [0.1, 0.15) is 7.74 Å². The number of rotatable bonds is 8. The van der Waals surface area contributed by atoms with Crippen LogP contribution in [0.4, 0.5) is 0 Å². The first-order chi connectivity index (χ1) is 13.5. The van der Waals surface area contributed by atoms with Crippen LogP contribution < -0.4 is 10.4 Å². The van der Waals surface area contributed by atoms with Crippen molar-refractivity contribution in [3.05, 3.63) is 60.7 Å². The Kier molecular flexibility index (Phi) is 7.98. The Balaban J connectivity index is 3.09. The normalized spacial score (nSPS) is 14.7. The van der Waals surface area contributed by atoms with Crippen LogP contribution in [-0.4, -0.2) is 23.2 Å². The first-order valence-corrected chi connectivity index (χ1v) is 23.4. The molecule has 0 spiro atoms. The van der Waals surface area contributed by atoms with E-state index in [4.69, 9.17) is 0 Å². The Morgan fingerprint density at radius 2 is 1.00 bits per heavy atom. The summed E-state index contributed by atoms with van der Waals surface area (Å²) in [6, 6.07) is 28.0. The SMILES string of the molecule is CC[Si](CC)(CC)P([Si](C)(C)C)[Si](c1ccccc1)(c1ccccc1)C(C)(C)C. The standard InChI is InChI=1S/C25H43PSi3/c1-10-28(11-2,12-3)26(27(7,8)9)29(25(4,5)6,23-19-15-13-16-20-23)24-21-17-14-18-22-24/h13-22H,10-12H2,1-9H3. The molecule has 29 heavy (non-hydrogen) atoms. The molecule has 0 aliphatic heterocycles. The summed E-state index contributed by atoms with van der Waals surface area (Å²) in [7, 11) is -4.84. The van der Waals surface area contributed by atoms with Crippen LogP contribution in [0, 0.1) is 0 Å². The van der Waals surface area contributed by atoms with Crippen LogP contribution in [0.1, 0.15) is 41.5 Å². The van der Waals surface area contributed by atoms with E-state index in [9.17, 15) is 0 Å². The highest BCUT2D eigenvalue weighted by molar-refractivity contribution is 8.39. The molecule has 4 heteroatoms. The van der Waals surface area contributed by atoms with Crippen LogP contribution >= 0.6 is 6.57 Å². The Morgan fingerprint density at radius 1 is 0.655 bits per heavy atom. The Bertz CT molecular complexity index is 708. The lowest BCUT2D eigenvalue weighted by molar-refractivity contribution is 0.745. The molecule has 0 heterocycles. The summed E-state index contributed by atoms with van der Waals surface area (Å²) < 4.78 is 0. The fourth-order valence-corrected chi connectivity index (χ4v) is 80.2. The minimum atomic E-state index is -2.02. The van der Waals surface area contributed by atoms with E-state index in [1.54, 1.807) is 10.4 Å². The molecular formula is C25H43PSi3. The Hall–Kier alpha value is -0.479. The van der Waals surface area contributed by atoms with Gasteiger partial charge in [0, 0.05) is 0 Å². The van der Waals surface area contributed by atoms with Crippen molar-refractivity contribution in [2.75, 3.05) is 0 Å². The highest BCUT2D eigenvalue weighted by atomic mass is 31.8. The molecule has 160 valence electrons. The van der Waals surface area contributed by atoms with Gasteiger partial charge in [-0.1, -0.05) is 140 Å². The van der Waals surface area contributed by atoms with Gasteiger partial charge in [-0.2, -0.15) is 0 Å². The summed E-state index contributed by atoms with van der Waals surface area (Å²) in [5, 5.41) is 3.68. The Labute approximate surface area is 184 Å². The third-order valence-electron chi connectivity index (χ3n) is 6.92. The average molecular weight is 459 g/mol. The van der Waals surface area contributed by atoms with Gasteiger partial charge in [-0.05, 0) is 15.4 Å². The second kappa shape index (κ2) is 9.34. The minimum Gasteiger partial charge on any atom is -0.130 e. The molecule has 0 saturated heterocycles. The van der Waals surface area contributed by atoms with Gasteiger partial charge in [0.15, 0.2) is 0 Å². The maximum Gasteiger partial charge on any atom is 0.141 e. The zero-order valence-electron chi connectivity index (χ0n) is 20.3. The molecule has 2 aromatic rings. The van der Waals surface area contributed by atoms with Gasteiger partial charge >= 0.3 is 0 Å². The maximum atomic E-state index is 2.71. The first-order valence-electron chi connectivity index (χ1n) is 11.4. The van der Waals surface area contributed by atoms with E-state index in [0.29, 0.717) is 5.04 Å². The fraction of sp³-hybridized carbons (Fsp3) is 0.520. The minimum absolute atomic E-state index is 0.0213. The topological polar surface area (TPSA) is 0 Å². The van der Waals surface area contributed by atoms with E-state index in [1.807, 2.05) is 0 Å². The highest BCUT2D eigenvalue weighted by Gasteiger charge is 2.61. The molecule has 0 radical (unpaired) electrons. The van der Waals surface area contributed by atoms with E-state index >= 15 is 0 Å². The average Bonchev–Trinajstić information content (AvgIpc) is 2.68. The quantitative estimate of drug-likeness (QED) is 0.279. The van der Waals surface area contributed by atoms with Crippen molar-refractivity contribution in [3.8, 4) is 0 Å². The van der Waals surface area contributed by atoms with Crippen LogP contribution in [0.25, 0.3) is 0 Å². The molecule has 0 nitrogen and oxygen atoms in total. The molecule has 1 unspecified atom stereocenters. The van der Waals surface area contributed by atoms with Gasteiger partial charge in [-0.3, -0.25) is 0 Å². The monoisotopic (exact) mass is 458 g/mol. The molecule has 0 aromatic heterocycles. The third kappa shape index (κ3) is 4.44. The zero-order chi connectivity index (χ0) is 21.9. The molecule has 0 N–H and O–H groups in total. The van der Waals surface area contributed by atoms with E-state index < -0.39 is 23.2 Å². The van der Waals surface area contributed by atoms with Crippen LogP contribution in [0.2, 0.25) is 42.8 Å². The summed E-state index contributed by atoms with van der Waals surface area (Å²) >= 11 is 0. The molecule has 2 aromatic carbocycles. The summed E-state index contributed by atoms with van der Waals surface area (Å²) in [5.74, 6) is 0. The molecule has 0 aliphatic rings. The van der Waals surface area contributed by atoms with Crippen molar-refractivity contribution in [2.24, 2.45) is 0 Å². The van der Waals surface area contributed by atoms with Crippen molar-refractivity contribution in [2.45, 2.75) is 84.4 Å². The number of hydrogen-bond donors (Lipinski definition) is 0. The van der Waals surface area contributed by atoms with Crippen LogP contribution in [-0.2, 0) is 0 Å². The van der Waals surface area contributed by atoms with Gasteiger partial charge in [-0.15, -0.1) is 6.57 Å². The van der Waals surface area contributed by atoms with Crippen LogP contribution in [0.5, 0.6) is 0 Å². The molecule has 0 fully saturated rings. The van der Waals surface area contributed by atoms with Crippen molar-refractivity contribution in [1.82, 2.24) is 0 Å². The Morgan fingerprint density at radius 3 is 1.24 bits per heavy atom. The molecule has 0 saturated carbocycles. The molecule has 0 aliphatic carbocycles. The zero-order valence-corrected chi connectivity index (χ0v) is 24.2. The van der Waals surface area contributed by atoms with Crippen LogP contribution in [0.15, 0.2) is 60.7 Å². The van der Waals surface area contributed by atoms with E-state index in [1.165, 1.54) is 18.1 Å². The largest absolute Gasteiger partial charge is 0.141 e. The summed E-state index contributed by atoms with van der Waals surface area (Å²) in [6.07, 6.45) is 0. The summed E-state index contributed by atoms with van der Waals surface area (Å²) in [4.78, 5) is 0. The van der Waals surface area contributed by atoms with Gasteiger partial charge in [0.2, 0.25) is 0 Å².